The molecule has 96 valence electrons. The van der Waals surface area contributed by atoms with Crippen LogP contribution >= 0.6 is 0 Å². The Morgan fingerprint density at radius 1 is 1.25 bits per heavy atom. The molecule has 0 aromatic carbocycles. The summed E-state index contributed by atoms with van der Waals surface area (Å²) in [5, 5.41) is 10.1. The summed E-state index contributed by atoms with van der Waals surface area (Å²) in [4.78, 5) is 2.51. The van der Waals surface area contributed by atoms with E-state index in [4.69, 9.17) is 0 Å². The zero-order valence-corrected chi connectivity index (χ0v) is 11.4. The molecule has 0 saturated heterocycles. The first kappa shape index (κ1) is 14.0. The van der Waals surface area contributed by atoms with Crippen LogP contribution in [0.5, 0.6) is 0 Å². The molecule has 16 heavy (non-hydrogen) atoms. The van der Waals surface area contributed by atoms with E-state index < -0.39 is 0 Å². The smallest absolute Gasteiger partial charge is 0.0692 e. The molecule has 2 atom stereocenters. The van der Waals surface area contributed by atoms with Crippen LogP contribution in [0.2, 0.25) is 0 Å². The van der Waals surface area contributed by atoms with Crippen molar-refractivity contribution in [1.82, 2.24) is 4.90 Å². The van der Waals surface area contributed by atoms with Gasteiger partial charge in [-0.2, -0.15) is 0 Å². The van der Waals surface area contributed by atoms with Gasteiger partial charge in [-0.05, 0) is 37.6 Å². The molecule has 1 rings (SSSR count). The molecule has 0 aliphatic heterocycles. The molecule has 2 unspecified atom stereocenters. The maximum Gasteiger partial charge on any atom is 0.0692 e. The number of hydrogen-bond acceptors (Lipinski definition) is 2. The minimum atomic E-state index is -0.141. The first-order valence-corrected chi connectivity index (χ1v) is 6.96. The molecule has 0 spiro atoms. The second-order valence-electron chi connectivity index (χ2n) is 5.86. The minimum Gasteiger partial charge on any atom is -0.392 e. The maximum atomic E-state index is 10.1. The topological polar surface area (TPSA) is 23.5 Å². The number of rotatable bonds is 8. The zero-order chi connectivity index (χ0) is 12.1. The van der Waals surface area contributed by atoms with Gasteiger partial charge in [-0.3, -0.25) is 4.90 Å². The predicted molar refractivity (Wildman–Crippen MR) is 69.5 cm³/mol. The van der Waals surface area contributed by atoms with E-state index in [2.05, 4.69) is 32.6 Å². The molecule has 1 aliphatic carbocycles. The minimum absolute atomic E-state index is 0.141. The molecule has 1 fully saturated rings. The monoisotopic (exact) mass is 227 g/mol. The van der Waals surface area contributed by atoms with Crippen LogP contribution in [-0.4, -0.2) is 35.2 Å². The summed E-state index contributed by atoms with van der Waals surface area (Å²) in [5.74, 6) is 1.20. The van der Waals surface area contributed by atoms with Gasteiger partial charge in [0.1, 0.15) is 0 Å². The van der Waals surface area contributed by atoms with E-state index in [1.54, 1.807) is 0 Å². The van der Waals surface area contributed by atoms with Gasteiger partial charge >= 0.3 is 0 Å². The number of aliphatic hydroxyl groups is 1. The summed E-state index contributed by atoms with van der Waals surface area (Å²) in [6.07, 6.45) is 4.86. The van der Waals surface area contributed by atoms with Crippen molar-refractivity contribution in [3.05, 3.63) is 0 Å². The van der Waals surface area contributed by atoms with Gasteiger partial charge in [-0.25, -0.2) is 0 Å². The second kappa shape index (κ2) is 6.61. The SMILES string of the molecule is CCC(C)C(O)CN(CCC(C)C)C1CC1. The van der Waals surface area contributed by atoms with Gasteiger partial charge < -0.3 is 5.11 Å². The maximum absolute atomic E-state index is 10.1. The van der Waals surface area contributed by atoms with E-state index in [-0.39, 0.29) is 6.10 Å². The van der Waals surface area contributed by atoms with Gasteiger partial charge in [0.2, 0.25) is 0 Å². The highest BCUT2D eigenvalue weighted by molar-refractivity contribution is 4.86. The molecular weight excluding hydrogens is 198 g/mol. The first-order chi connectivity index (χ1) is 7.54. The molecular formula is C14H29NO. The standard InChI is InChI=1S/C14H29NO/c1-5-12(4)14(16)10-15(13-6-7-13)9-8-11(2)3/h11-14,16H,5-10H2,1-4H3. The molecule has 0 bridgehead atoms. The van der Waals surface area contributed by atoms with Gasteiger partial charge in [0.05, 0.1) is 6.10 Å². The molecule has 0 amide bonds. The van der Waals surface area contributed by atoms with Crippen molar-refractivity contribution in [3.63, 3.8) is 0 Å². The Labute approximate surface area is 101 Å². The van der Waals surface area contributed by atoms with Crippen LogP contribution in [0.4, 0.5) is 0 Å². The fraction of sp³-hybridized carbons (Fsp3) is 1.00. The molecule has 0 radical (unpaired) electrons. The second-order valence-corrected chi connectivity index (χ2v) is 5.86. The summed E-state index contributed by atoms with van der Waals surface area (Å²) in [6.45, 7) is 10.9. The van der Waals surface area contributed by atoms with Crippen molar-refractivity contribution in [1.29, 1.82) is 0 Å². The van der Waals surface area contributed by atoms with E-state index in [1.807, 2.05) is 0 Å². The fourth-order valence-electron chi connectivity index (χ4n) is 1.98. The highest BCUT2D eigenvalue weighted by Crippen LogP contribution is 2.28. The lowest BCUT2D eigenvalue weighted by Crippen LogP contribution is -2.38. The summed E-state index contributed by atoms with van der Waals surface area (Å²) < 4.78 is 0. The molecule has 2 nitrogen and oxygen atoms in total. The molecule has 1 aliphatic rings. The van der Waals surface area contributed by atoms with Crippen LogP contribution in [0.3, 0.4) is 0 Å². The van der Waals surface area contributed by atoms with Crippen molar-refractivity contribution < 1.29 is 5.11 Å². The van der Waals surface area contributed by atoms with Crippen LogP contribution in [0.25, 0.3) is 0 Å². The lowest BCUT2D eigenvalue weighted by atomic mass is 10.0. The van der Waals surface area contributed by atoms with E-state index in [0.717, 1.165) is 31.5 Å². The average molecular weight is 227 g/mol. The molecule has 1 saturated carbocycles. The third kappa shape index (κ3) is 4.84. The average Bonchev–Trinajstić information content (AvgIpc) is 3.06. The summed E-state index contributed by atoms with van der Waals surface area (Å²) >= 11 is 0. The van der Waals surface area contributed by atoms with Crippen LogP contribution in [0.1, 0.15) is 53.4 Å². The van der Waals surface area contributed by atoms with Crippen molar-refractivity contribution in [2.45, 2.75) is 65.5 Å². The van der Waals surface area contributed by atoms with Gasteiger partial charge in [0, 0.05) is 12.6 Å². The Morgan fingerprint density at radius 3 is 2.31 bits per heavy atom. The quantitative estimate of drug-likeness (QED) is 0.689. The number of aliphatic hydroxyl groups excluding tert-OH is 1. The van der Waals surface area contributed by atoms with E-state index in [0.29, 0.717) is 5.92 Å². The summed E-state index contributed by atoms with van der Waals surface area (Å²) in [7, 11) is 0. The normalized spacial score (nSPS) is 20.4. The highest BCUT2D eigenvalue weighted by atomic mass is 16.3. The van der Waals surface area contributed by atoms with Gasteiger partial charge in [-0.15, -0.1) is 0 Å². The number of nitrogens with zero attached hydrogens (tertiary/aromatic N) is 1. The van der Waals surface area contributed by atoms with E-state index in [1.165, 1.54) is 19.3 Å². The lowest BCUT2D eigenvalue weighted by molar-refractivity contribution is 0.0634. The van der Waals surface area contributed by atoms with Gasteiger partial charge in [0.25, 0.3) is 0 Å². The Kier molecular flexibility index (Phi) is 5.77. The largest absolute Gasteiger partial charge is 0.392 e. The highest BCUT2D eigenvalue weighted by Gasteiger charge is 2.30. The first-order valence-electron chi connectivity index (χ1n) is 6.96. The van der Waals surface area contributed by atoms with Gasteiger partial charge in [0.15, 0.2) is 0 Å². The molecule has 0 aromatic heterocycles. The fourth-order valence-corrected chi connectivity index (χ4v) is 1.98. The summed E-state index contributed by atoms with van der Waals surface area (Å²) in [6, 6.07) is 0.775. The predicted octanol–water partition coefficient (Wildman–Crippen LogP) is 2.90. The lowest BCUT2D eigenvalue weighted by Gasteiger charge is -2.28. The van der Waals surface area contributed by atoms with Crippen molar-refractivity contribution in [3.8, 4) is 0 Å². The van der Waals surface area contributed by atoms with Crippen LogP contribution in [-0.2, 0) is 0 Å². The third-order valence-corrected chi connectivity index (χ3v) is 3.78. The van der Waals surface area contributed by atoms with Crippen molar-refractivity contribution >= 4 is 0 Å². The molecule has 0 heterocycles. The van der Waals surface area contributed by atoms with Gasteiger partial charge in [-0.1, -0.05) is 34.1 Å². The molecule has 0 aromatic rings. The molecule has 2 heteroatoms. The van der Waals surface area contributed by atoms with Crippen LogP contribution in [0.15, 0.2) is 0 Å². The number of hydrogen-bond donors (Lipinski definition) is 1. The van der Waals surface area contributed by atoms with E-state index in [9.17, 15) is 5.11 Å². The summed E-state index contributed by atoms with van der Waals surface area (Å²) in [5.41, 5.74) is 0. The Balaban J connectivity index is 2.32. The zero-order valence-electron chi connectivity index (χ0n) is 11.4. The molecule has 1 N–H and O–H groups in total. The Morgan fingerprint density at radius 2 is 1.88 bits per heavy atom. The van der Waals surface area contributed by atoms with Crippen LogP contribution < -0.4 is 0 Å². The van der Waals surface area contributed by atoms with E-state index >= 15 is 0 Å². The van der Waals surface area contributed by atoms with Crippen LogP contribution in [0, 0.1) is 11.8 Å². The van der Waals surface area contributed by atoms with Crippen molar-refractivity contribution in [2.75, 3.05) is 13.1 Å². The Bertz CT molecular complexity index is 189. The van der Waals surface area contributed by atoms with Crippen molar-refractivity contribution in [2.24, 2.45) is 11.8 Å². The third-order valence-electron chi connectivity index (χ3n) is 3.78. The Hall–Kier alpha value is -0.0800.